The number of benzene rings is 2. The molecular weight excluding hydrogens is 446 g/mol. The van der Waals surface area contributed by atoms with Crippen molar-refractivity contribution >= 4 is 34.7 Å². The van der Waals surface area contributed by atoms with Crippen molar-refractivity contribution in [2.75, 3.05) is 30.4 Å². The van der Waals surface area contributed by atoms with Crippen molar-refractivity contribution in [1.82, 2.24) is 10.2 Å². The third-order valence-electron chi connectivity index (χ3n) is 5.63. The topological polar surface area (TPSA) is 110 Å². The fraction of sp³-hybridized carbons (Fsp3) is 0.261. The summed E-state index contributed by atoms with van der Waals surface area (Å²) >= 11 is 5.83. The Labute approximate surface area is 195 Å². The van der Waals surface area contributed by atoms with E-state index in [4.69, 9.17) is 16.3 Å². The molecular formula is C23H22ClN5O4. The number of aromatic nitrogens is 2. The molecule has 1 aromatic heterocycles. The molecule has 9 nitrogen and oxygen atoms in total. The number of piperidine rings is 1. The van der Waals surface area contributed by atoms with Crippen molar-refractivity contribution in [1.29, 1.82) is 0 Å². The van der Waals surface area contributed by atoms with Crippen LogP contribution in [0.5, 0.6) is 5.75 Å². The zero-order valence-corrected chi connectivity index (χ0v) is 18.7. The van der Waals surface area contributed by atoms with Crippen molar-refractivity contribution in [3.8, 4) is 17.0 Å². The summed E-state index contributed by atoms with van der Waals surface area (Å²) in [4.78, 5) is 25.2. The molecule has 1 N–H and O–H groups in total. The highest BCUT2D eigenvalue weighted by Crippen LogP contribution is 2.30. The molecule has 2 aromatic carbocycles. The molecule has 0 atom stereocenters. The summed E-state index contributed by atoms with van der Waals surface area (Å²) in [5, 5.41) is 22.6. The number of nitrogens with one attached hydrogen (secondary N) is 1. The maximum Gasteiger partial charge on any atom is 0.289 e. The van der Waals surface area contributed by atoms with E-state index in [1.165, 1.54) is 12.1 Å². The van der Waals surface area contributed by atoms with E-state index in [0.717, 1.165) is 22.8 Å². The summed E-state index contributed by atoms with van der Waals surface area (Å²) in [6, 6.07) is 15.7. The SMILES string of the molecule is COc1ccccc1-c1ccc(N2CCC(C(=O)Nc3ccc(Cl)c([N+](=O)[O-])c3)CC2)nn1. The third kappa shape index (κ3) is 5.04. The Balaban J connectivity index is 1.36. The summed E-state index contributed by atoms with van der Waals surface area (Å²) in [5.74, 6) is 1.12. The number of halogens is 1. The van der Waals surface area contributed by atoms with Crippen molar-refractivity contribution < 1.29 is 14.5 Å². The van der Waals surface area contributed by atoms with Gasteiger partial charge in [0.05, 0.1) is 17.7 Å². The second-order valence-electron chi connectivity index (χ2n) is 7.65. The maximum absolute atomic E-state index is 12.7. The number of nitro groups is 1. The number of carbonyl (C=O) groups excluding carboxylic acids is 1. The van der Waals surface area contributed by atoms with Crippen LogP contribution in [0.3, 0.4) is 0 Å². The van der Waals surface area contributed by atoms with E-state index in [1.54, 1.807) is 13.2 Å². The van der Waals surface area contributed by atoms with E-state index in [9.17, 15) is 14.9 Å². The van der Waals surface area contributed by atoms with Crippen LogP contribution in [-0.2, 0) is 4.79 Å². The minimum Gasteiger partial charge on any atom is -0.496 e. The minimum absolute atomic E-state index is 0.0316. The van der Waals surface area contributed by atoms with Crippen LogP contribution in [0.2, 0.25) is 5.02 Å². The fourth-order valence-corrected chi connectivity index (χ4v) is 4.03. The van der Waals surface area contributed by atoms with Gasteiger partial charge in [-0.2, -0.15) is 0 Å². The number of anilines is 2. The van der Waals surface area contributed by atoms with Crippen molar-refractivity contribution in [3.05, 3.63) is 69.7 Å². The van der Waals surface area contributed by atoms with E-state index in [1.807, 2.05) is 36.4 Å². The lowest BCUT2D eigenvalue weighted by molar-refractivity contribution is -0.384. The third-order valence-corrected chi connectivity index (χ3v) is 5.95. The standard InChI is InChI=1S/C23H22ClN5O4/c1-33-21-5-3-2-4-17(21)19-8-9-22(27-26-19)28-12-10-15(11-13-28)23(30)25-16-6-7-18(24)20(14-16)29(31)32/h2-9,14-15H,10-13H2,1H3,(H,25,30). The zero-order chi connectivity index (χ0) is 23.4. The number of nitrogens with zero attached hydrogens (tertiary/aromatic N) is 4. The summed E-state index contributed by atoms with van der Waals surface area (Å²) in [5.41, 5.74) is 1.72. The summed E-state index contributed by atoms with van der Waals surface area (Å²) in [6.45, 7) is 1.31. The van der Waals surface area contributed by atoms with Gasteiger partial charge in [-0.15, -0.1) is 10.2 Å². The highest BCUT2D eigenvalue weighted by atomic mass is 35.5. The summed E-state index contributed by atoms with van der Waals surface area (Å²) in [6.07, 6.45) is 1.27. The van der Waals surface area contributed by atoms with Gasteiger partial charge >= 0.3 is 0 Å². The van der Waals surface area contributed by atoms with Gasteiger partial charge in [0.25, 0.3) is 5.69 Å². The lowest BCUT2D eigenvalue weighted by Crippen LogP contribution is -2.38. The normalized spacial score (nSPS) is 14.1. The molecule has 1 saturated heterocycles. The van der Waals surface area contributed by atoms with Gasteiger partial charge in [0, 0.05) is 36.3 Å². The Bertz CT molecular complexity index is 1160. The summed E-state index contributed by atoms with van der Waals surface area (Å²) < 4.78 is 5.39. The lowest BCUT2D eigenvalue weighted by Gasteiger charge is -2.31. The van der Waals surface area contributed by atoms with E-state index in [2.05, 4.69) is 20.4 Å². The first-order valence-corrected chi connectivity index (χ1v) is 10.8. The van der Waals surface area contributed by atoms with Gasteiger partial charge < -0.3 is 15.0 Å². The molecule has 1 amide bonds. The Hall–Kier alpha value is -3.72. The molecule has 1 fully saturated rings. The Morgan fingerprint density at radius 3 is 2.58 bits per heavy atom. The van der Waals surface area contributed by atoms with Crippen LogP contribution < -0.4 is 15.0 Å². The fourth-order valence-electron chi connectivity index (χ4n) is 3.84. The zero-order valence-electron chi connectivity index (χ0n) is 17.9. The smallest absolute Gasteiger partial charge is 0.289 e. The van der Waals surface area contributed by atoms with E-state index >= 15 is 0 Å². The first-order chi connectivity index (χ1) is 16.0. The van der Waals surface area contributed by atoms with Crippen LogP contribution in [0.4, 0.5) is 17.2 Å². The van der Waals surface area contributed by atoms with Crippen LogP contribution >= 0.6 is 11.6 Å². The highest BCUT2D eigenvalue weighted by Gasteiger charge is 2.26. The molecule has 10 heteroatoms. The molecule has 33 heavy (non-hydrogen) atoms. The second kappa shape index (κ2) is 9.83. The van der Waals surface area contributed by atoms with Gasteiger partial charge in [0.1, 0.15) is 10.8 Å². The molecule has 0 radical (unpaired) electrons. The number of ether oxygens (including phenoxy) is 1. The summed E-state index contributed by atoms with van der Waals surface area (Å²) in [7, 11) is 1.62. The molecule has 0 spiro atoms. The van der Waals surface area contributed by atoms with Gasteiger partial charge in [-0.3, -0.25) is 14.9 Å². The van der Waals surface area contributed by atoms with Gasteiger partial charge in [-0.25, -0.2) is 0 Å². The van der Waals surface area contributed by atoms with Gasteiger partial charge in [-0.1, -0.05) is 23.7 Å². The molecule has 1 aliphatic rings. The molecule has 1 aliphatic heterocycles. The largest absolute Gasteiger partial charge is 0.496 e. The predicted octanol–water partition coefficient (Wildman–Crippen LogP) is 4.57. The van der Waals surface area contributed by atoms with Gasteiger partial charge in [0.15, 0.2) is 5.82 Å². The number of hydrogen-bond acceptors (Lipinski definition) is 7. The van der Waals surface area contributed by atoms with Crippen molar-refractivity contribution in [2.24, 2.45) is 5.92 Å². The second-order valence-corrected chi connectivity index (χ2v) is 8.06. The molecule has 0 unspecified atom stereocenters. The Morgan fingerprint density at radius 2 is 1.91 bits per heavy atom. The van der Waals surface area contributed by atoms with Crippen molar-refractivity contribution in [3.63, 3.8) is 0 Å². The van der Waals surface area contributed by atoms with Crippen LogP contribution in [0.1, 0.15) is 12.8 Å². The average molecular weight is 468 g/mol. The highest BCUT2D eigenvalue weighted by molar-refractivity contribution is 6.32. The van der Waals surface area contributed by atoms with Crippen molar-refractivity contribution in [2.45, 2.75) is 12.8 Å². The maximum atomic E-state index is 12.7. The molecule has 0 bridgehead atoms. The number of nitro benzene ring substituents is 1. The average Bonchev–Trinajstić information content (AvgIpc) is 2.85. The predicted molar refractivity (Wildman–Crippen MR) is 126 cm³/mol. The van der Waals surface area contributed by atoms with Crippen LogP contribution in [0, 0.1) is 16.0 Å². The van der Waals surface area contributed by atoms with Crippen LogP contribution in [0.15, 0.2) is 54.6 Å². The number of rotatable bonds is 6. The molecule has 4 rings (SSSR count). The van der Waals surface area contributed by atoms with Crippen LogP contribution in [0.25, 0.3) is 11.3 Å². The van der Waals surface area contributed by atoms with Gasteiger partial charge in [-0.05, 0) is 49.2 Å². The lowest BCUT2D eigenvalue weighted by atomic mass is 9.95. The number of amides is 1. The number of carbonyl (C=O) groups is 1. The Morgan fingerprint density at radius 1 is 1.15 bits per heavy atom. The minimum atomic E-state index is -0.573. The first-order valence-electron chi connectivity index (χ1n) is 10.4. The molecule has 0 aliphatic carbocycles. The van der Waals surface area contributed by atoms with Crippen LogP contribution in [-0.4, -0.2) is 41.2 Å². The molecule has 170 valence electrons. The van der Waals surface area contributed by atoms with E-state index in [-0.39, 0.29) is 22.5 Å². The quantitative estimate of drug-likeness (QED) is 0.417. The first kappa shape index (κ1) is 22.5. The van der Waals surface area contributed by atoms with E-state index < -0.39 is 4.92 Å². The monoisotopic (exact) mass is 467 g/mol. The Kier molecular flexibility index (Phi) is 6.69. The van der Waals surface area contributed by atoms with Gasteiger partial charge in [0.2, 0.25) is 5.91 Å². The molecule has 2 heterocycles. The number of hydrogen-bond donors (Lipinski definition) is 1. The number of para-hydroxylation sites is 1. The molecule has 3 aromatic rings. The van der Waals surface area contributed by atoms with E-state index in [0.29, 0.717) is 31.6 Å². The number of methoxy groups -OCH3 is 1. The molecule has 0 saturated carbocycles.